The van der Waals surface area contributed by atoms with E-state index in [1.54, 1.807) is 4.52 Å². The number of fused-ring (bicyclic) bond motifs is 1. The van der Waals surface area contributed by atoms with Crippen LogP contribution in [0.2, 0.25) is 0 Å². The number of rotatable bonds is 7. The summed E-state index contributed by atoms with van der Waals surface area (Å²) < 4.78 is 1.78. The van der Waals surface area contributed by atoms with Crippen LogP contribution in [-0.4, -0.2) is 62.4 Å². The minimum atomic E-state index is -0.0789. The van der Waals surface area contributed by atoms with Gasteiger partial charge in [0.25, 0.3) is 0 Å². The second-order valence-corrected chi connectivity index (χ2v) is 6.63. The van der Waals surface area contributed by atoms with E-state index in [9.17, 15) is 5.11 Å². The fourth-order valence-corrected chi connectivity index (χ4v) is 3.34. The second kappa shape index (κ2) is 7.90. The highest BCUT2D eigenvalue weighted by molar-refractivity contribution is 5.50. The summed E-state index contributed by atoms with van der Waals surface area (Å²) in [5, 5.41) is 17.0. The summed E-state index contributed by atoms with van der Waals surface area (Å²) in [5.74, 6) is 1.50. The largest absolute Gasteiger partial charge is 0.393 e. The van der Waals surface area contributed by atoms with Gasteiger partial charge in [0.05, 0.1) is 12.3 Å². The maximum absolute atomic E-state index is 9.54. The first-order valence-corrected chi connectivity index (χ1v) is 8.97. The Morgan fingerprint density at radius 1 is 1.21 bits per heavy atom. The van der Waals surface area contributed by atoms with Crippen LogP contribution in [0.5, 0.6) is 0 Å². The van der Waals surface area contributed by atoms with E-state index in [1.807, 2.05) is 20.2 Å². The molecule has 1 fully saturated rings. The van der Waals surface area contributed by atoms with E-state index >= 15 is 0 Å². The maximum Gasteiger partial charge on any atom is 0.227 e. The Bertz CT molecular complexity index is 662. The molecule has 0 spiro atoms. The fraction of sp³-hybridized carbons (Fsp3) is 0.706. The van der Waals surface area contributed by atoms with Crippen LogP contribution in [0.15, 0.2) is 6.20 Å². The van der Waals surface area contributed by atoms with Crippen molar-refractivity contribution in [2.24, 2.45) is 0 Å². The van der Waals surface area contributed by atoms with Crippen LogP contribution in [0.25, 0.3) is 5.65 Å². The molecule has 1 aliphatic heterocycles. The molecule has 0 amide bonds. The summed E-state index contributed by atoms with van der Waals surface area (Å²) >= 11 is 0. The van der Waals surface area contributed by atoms with Crippen LogP contribution < -0.4 is 5.32 Å². The molecule has 132 valence electrons. The van der Waals surface area contributed by atoms with Crippen LogP contribution in [0.1, 0.15) is 43.5 Å². The summed E-state index contributed by atoms with van der Waals surface area (Å²) in [7, 11) is 1.85. The van der Waals surface area contributed by atoms with Crippen molar-refractivity contribution in [2.75, 3.05) is 32.0 Å². The number of aromatic nitrogens is 4. The number of anilines is 1. The first-order chi connectivity index (χ1) is 11.7. The maximum atomic E-state index is 9.54. The lowest BCUT2D eigenvalue weighted by molar-refractivity contribution is 0.0818. The first kappa shape index (κ1) is 17.1. The lowest BCUT2D eigenvalue weighted by atomic mass is 10.1. The summed E-state index contributed by atoms with van der Waals surface area (Å²) in [5.41, 5.74) is 2.11. The third kappa shape index (κ3) is 4.02. The number of aliphatic hydroxyl groups is 1. The first-order valence-electron chi connectivity index (χ1n) is 8.97. The van der Waals surface area contributed by atoms with Gasteiger partial charge in [-0.25, -0.2) is 4.98 Å². The number of likely N-dealkylation sites (tertiary alicyclic amines) is 1. The van der Waals surface area contributed by atoms with E-state index < -0.39 is 0 Å². The highest BCUT2D eigenvalue weighted by Crippen LogP contribution is 2.16. The number of hydrogen-bond acceptors (Lipinski definition) is 6. The Hall–Kier alpha value is -1.73. The Balaban J connectivity index is 1.47. The molecule has 3 rings (SSSR count). The van der Waals surface area contributed by atoms with Gasteiger partial charge >= 0.3 is 0 Å². The standard InChI is InChI=1S/C17H28N6O/c1-13-20-16-14(12-19-23(16)17(18-2)21-13)6-4-3-5-9-22-10-7-15(24)8-11-22/h12,15,24H,3-11H2,1-2H3,(H,18,20,21). The lowest BCUT2D eigenvalue weighted by Crippen LogP contribution is -2.36. The SMILES string of the molecule is CNc1nc(C)nc2c(CCCCCN3CCC(O)CC3)cnn12. The van der Waals surface area contributed by atoms with E-state index in [2.05, 4.69) is 25.3 Å². The summed E-state index contributed by atoms with van der Waals surface area (Å²) in [6.45, 7) is 5.14. The quantitative estimate of drug-likeness (QED) is 0.751. The zero-order valence-corrected chi connectivity index (χ0v) is 14.7. The highest BCUT2D eigenvalue weighted by Gasteiger charge is 2.16. The molecule has 2 aromatic heterocycles. The van der Waals surface area contributed by atoms with Gasteiger partial charge in [0, 0.05) is 25.7 Å². The van der Waals surface area contributed by atoms with Gasteiger partial charge in [-0.05, 0) is 45.6 Å². The number of nitrogens with one attached hydrogen (secondary N) is 1. The fourth-order valence-electron chi connectivity index (χ4n) is 3.34. The Kier molecular flexibility index (Phi) is 5.63. The normalized spacial score (nSPS) is 16.8. The van der Waals surface area contributed by atoms with Crippen LogP contribution in [0.4, 0.5) is 5.95 Å². The molecule has 0 atom stereocenters. The molecule has 1 aliphatic rings. The van der Waals surface area contributed by atoms with Gasteiger partial charge in [-0.2, -0.15) is 14.6 Å². The monoisotopic (exact) mass is 332 g/mol. The highest BCUT2D eigenvalue weighted by atomic mass is 16.3. The third-order valence-electron chi connectivity index (χ3n) is 4.75. The number of aryl methyl sites for hydroxylation is 2. The van der Waals surface area contributed by atoms with E-state index in [4.69, 9.17) is 0 Å². The van der Waals surface area contributed by atoms with Crippen molar-refractivity contribution in [1.82, 2.24) is 24.5 Å². The average Bonchev–Trinajstić information content (AvgIpc) is 2.98. The molecule has 0 saturated carbocycles. The van der Waals surface area contributed by atoms with Crippen molar-refractivity contribution in [3.63, 3.8) is 0 Å². The molecule has 1 saturated heterocycles. The molecular formula is C17H28N6O. The minimum absolute atomic E-state index is 0.0789. The Morgan fingerprint density at radius 3 is 2.75 bits per heavy atom. The van der Waals surface area contributed by atoms with Gasteiger partial charge in [0.1, 0.15) is 5.82 Å². The Labute approximate surface area is 143 Å². The van der Waals surface area contributed by atoms with Gasteiger partial charge in [0.15, 0.2) is 5.65 Å². The van der Waals surface area contributed by atoms with Gasteiger partial charge in [-0.1, -0.05) is 6.42 Å². The van der Waals surface area contributed by atoms with Crippen molar-refractivity contribution in [3.05, 3.63) is 17.6 Å². The van der Waals surface area contributed by atoms with Crippen molar-refractivity contribution >= 4 is 11.6 Å². The number of aliphatic hydroxyl groups excluding tert-OH is 1. The molecule has 7 heteroatoms. The molecule has 24 heavy (non-hydrogen) atoms. The topological polar surface area (TPSA) is 78.6 Å². The van der Waals surface area contributed by atoms with Crippen molar-refractivity contribution < 1.29 is 5.11 Å². The number of hydrogen-bond donors (Lipinski definition) is 2. The molecule has 0 bridgehead atoms. The van der Waals surface area contributed by atoms with Gasteiger partial charge in [0.2, 0.25) is 5.95 Å². The van der Waals surface area contributed by atoms with Crippen molar-refractivity contribution in [3.8, 4) is 0 Å². The average molecular weight is 332 g/mol. The summed E-state index contributed by atoms with van der Waals surface area (Å²) in [6.07, 6.45) is 8.26. The van der Waals surface area contributed by atoms with E-state index in [0.717, 1.165) is 62.7 Å². The summed E-state index contributed by atoms with van der Waals surface area (Å²) in [4.78, 5) is 11.4. The van der Waals surface area contributed by atoms with Gasteiger partial charge in [-0.15, -0.1) is 0 Å². The summed E-state index contributed by atoms with van der Waals surface area (Å²) in [6, 6.07) is 0. The molecule has 0 unspecified atom stereocenters. The van der Waals surface area contributed by atoms with Gasteiger partial charge in [-0.3, -0.25) is 0 Å². The molecule has 2 aromatic rings. The molecule has 2 N–H and O–H groups in total. The molecule has 7 nitrogen and oxygen atoms in total. The molecule has 0 aliphatic carbocycles. The number of piperidine rings is 1. The zero-order chi connectivity index (χ0) is 16.9. The third-order valence-corrected chi connectivity index (χ3v) is 4.75. The van der Waals surface area contributed by atoms with E-state index in [0.29, 0.717) is 0 Å². The second-order valence-electron chi connectivity index (χ2n) is 6.63. The van der Waals surface area contributed by atoms with E-state index in [-0.39, 0.29) is 6.10 Å². The Morgan fingerprint density at radius 2 is 2.00 bits per heavy atom. The number of nitrogens with zero attached hydrogens (tertiary/aromatic N) is 5. The van der Waals surface area contributed by atoms with Gasteiger partial charge < -0.3 is 15.3 Å². The smallest absolute Gasteiger partial charge is 0.227 e. The minimum Gasteiger partial charge on any atom is -0.393 e. The lowest BCUT2D eigenvalue weighted by Gasteiger charge is -2.29. The van der Waals surface area contributed by atoms with Crippen molar-refractivity contribution in [2.45, 2.75) is 51.6 Å². The van der Waals surface area contributed by atoms with Crippen molar-refractivity contribution in [1.29, 1.82) is 0 Å². The molecule has 3 heterocycles. The predicted molar refractivity (Wildman–Crippen MR) is 94.3 cm³/mol. The van der Waals surface area contributed by atoms with Crippen LogP contribution in [0, 0.1) is 6.92 Å². The number of unbranched alkanes of at least 4 members (excludes halogenated alkanes) is 2. The van der Waals surface area contributed by atoms with E-state index in [1.165, 1.54) is 18.4 Å². The zero-order valence-electron chi connectivity index (χ0n) is 14.7. The predicted octanol–water partition coefficient (Wildman–Crippen LogP) is 1.64. The van der Waals surface area contributed by atoms with Crippen LogP contribution >= 0.6 is 0 Å². The molecule has 0 radical (unpaired) electrons. The van der Waals surface area contributed by atoms with Crippen LogP contribution in [0.3, 0.4) is 0 Å². The van der Waals surface area contributed by atoms with Crippen LogP contribution in [-0.2, 0) is 6.42 Å². The molecule has 0 aromatic carbocycles. The molecular weight excluding hydrogens is 304 g/mol.